The Kier molecular flexibility index (Phi) is 3.78. The lowest BCUT2D eigenvalue weighted by Crippen LogP contribution is -3.00. The first kappa shape index (κ1) is 13.8. The number of imidazole rings is 1. The van der Waals surface area contributed by atoms with Gasteiger partial charge in [-0.1, -0.05) is 23.7 Å². The number of aromatic nitrogens is 3. The summed E-state index contributed by atoms with van der Waals surface area (Å²) in [5.41, 5.74) is 2.10. The lowest BCUT2D eigenvalue weighted by atomic mass is 10.2. The zero-order chi connectivity index (χ0) is 12.7. The van der Waals surface area contributed by atoms with Gasteiger partial charge < -0.3 is 22.0 Å². The second kappa shape index (κ2) is 5.19. The molecule has 1 aromatic carbocycles. The molecule has 2 aromatic heterocycles. The number of H-pyrrole nitrogens is 1. The summed E-state index contributed by atoms with van der Waals surface area (Å²) in [4.78, 5) is 14.9. The second-order valence-electron chi connectivity index (χ2n) is 4.15. The molecule has 0 amide bonds. The smallest absolute Gasteiger partial charge is 0.352 e. The van der Waals surface area contributed by atoms with Gasteiger partial charge in [-0.15, -0.1) is 0 Å². The largest absolute Gasteiger partial charge is 1.00 e. The SMILES string of the molecule is C[n+]1ccn2cc(-c3cccc(Cl)c3)[nH]c(=O)c21.[Br-]. The lowest BCUT2D eigenvalue weighted by molar-refractivity contribution is -0.645. The summed E-state index contributed by atoms with van der Waals surface area (Å²) in [5, 5.41) is 0.645. The Morgan fingerprint density at radius 3 is 2.89 bits per heavy atom. The number of halogens is 2. The van der Waals surface area contributed by atoms with E-state index in [9.17, 15) is 4.79 Å². The molecule has 0 unspecified atom stereocenters. The number of benzene rings is 1. The van der Waals surface area contributed by atoms with Gasteiger partial charge in [0.25, 0.3) is 0 Å². The van der Waals surface area contributed by atoms with Gasteiger partial charge in [0.1, 0.15) is 18.6 Å². The van der Waals surface area contributed by atoms with Crippen LogP contribution in [0.25, 0.3) is 16.9 Å². The highest BCUT2D eigenvalue weighted by Gasteiger charge is 2.13. The minimum atomic E-state index is -0.125. The predicted octanol–water partition coefficient (Wildman–Crippen LogP) is -1.22. The molecule has 0 aliphatic rings. The Morgan fingerprint density at radius 2 is 2.16 bits per heavy atom. The van der Waals surface area contributed by atoms with E-state index in [1.165, 1.54) is 0 Å². The van der Waals surface area contributed by atoms with Crippen molar-refractivity contribution < 1.29 is 21.5 Å². The van der Waals surface area contributed by atoms with E-state index in [0.717, 1.165) is 11.3 Å². The van der Waals surface area contributed by atoms with E-state index in [1.807, 2.05) is 43.8 Å². The number of nitrogens with one attached hydrogen (secondary N) is 1. The maximum absolute atomic E-state index is 12.0. The van der Waals surface area contributed by atoms with Gasteiger partial charge in [-0.25, -0.2) is 4.57 Å². The third kappa shape index (κ3) is 2.43. The van der Waals surface area contributed by atoms with Crippen LogP contribution in [0.3, 0.4) is 0 Å². The van der Waals surface area contributed by atoms with Crippen LogP contribution in [-0.2, 0) is 7.05 Å². The fourth-order valence-corrected chi connectivity index (χ4v) is 2.22. The van der Waals surface area contributed by atoms with Crippen LogP contribution >= 0.6 is 11.6 Å². The topological polar surface area (TPSA) is 41.1 Å². The predicted molar refractivity (Wildman–Crippen MR) is 69.6 cm³/mol. The van der Waals surface area contributed by atoms with Crippen molar-refractivity contribution in [1.29, 1.82) is 0 Å². The zero-order valence-electron chi connectivity index (χ0n) is 10.1. The molecule has 0 saturated carbocycles. The van der Waals surface area contributed by atoms with E-state index in [1.54, 1.807) is 15.0 Å². The Morgan fingerprint density at radius 1 is 1.37 bits per heavy atom. The van der Waals surface area contributed by atoms with Crippen molar-refractivity contribution in [1.82, 2.24) is 9.38 Å². The van der Waals surface area contributed by atoms with Gasteiger partial charge >= 0.3 is 11.2 Å². The third-order valence-electron chi connectivity index (χ3n) is 2.88. The molecule has 98 valence electrons. The van der Waals surface area contributed by atoms with Crippen LogP contribution in [0.5, 0.6) is 0 Å². The number of aryl methyl sites for hydroxylation is 1. The third-order valence-corrected chi connectivity index (χ3v) is 3.12. The quantitative estimate of drug-likeness (QED) is 0.554. The number of fused-ring (bicyclic) bond motifs is 1. The van der Waals surface area contributed by atoms with Crippen molar-refractivity contribution in [3.8, 4) is 11.3 Å². The van der Waals surface area contributed by atoms with Crippen molar-refractivity contribution in [2.24, 2.45) is 7.05 Å². The fraction of sp³-hybridized carbons (Fsp3) is 0.0769. The van der Waals surface area contributed by atoms with Gasteiger partial charge in [-0.05, 0) is 12.1 Å². The Balaban J connectivity index is 0.00000133. The zero-order valence-corrected chi connectivity index (χ0v) is 12.4. The maximum atomic E-state index is 12.0. The number of rotatable bonds is 1. The minimum Gasteiger partial charge on any atom is -1.00 e. The van der Waals surface area contributed by atoms with Crippen molar-refractivity contribution in [2.45, 2.75) is 0 Å². The summed E-state index contributed by atoms with van der Waals surface area (Å²) in [7, 11) is 1.84. The molecule has 3 rings (SSSR count). The van der Waals surface area contributed by atoms with Crippen LogP contribution in [0, 0.1) is 0 Å². The highest BCUT2D eigenvalue weighted by atomic mass is 79.9. The molecule has 19 heavy (non-hydrogen) atoms. The summed E-state index contributed by atoms with van der Waals surface area (Å²) in [6.07, 6.45) is 5.56. The van der Waals surface area contributed by atoms with Crippen molar-refractivity contribution in [3.05, 3.63) is 58.2 Å². The van der Waals surface area contributed by atoms with Crippen LogP contribution in [0.1, 0.15) is 0 Å². The molecule has 0 aliphatic heterocycles. The summed E-state index contributed by atoms with van der Waals surface area (Å²) in [6, 6.07) is 7.39. The molecular formula is C13H11BrClN3O. The highest BCUT2D eigenvalue weighted by molar-refractivity contribution is 6.30. The Hall–Kier alpha value is -1.59. The van der Waals surface area contributed by atoms with Gasteiger partial charge in [0.15, 0.2) is 0 Å². The van der Waals surface area contributed by atoms with Gasteiger partial charge in [-0.2, -0.15) is 4.40 Å². The molecule has 4 nitrogen and oxygen atoms in total. The standard InChI is InChI=1S/C13H10ClN3O.BrH/c1-16-5-6-17-8-11(15-12(18)13(16)17)9-3-2-4-10(14)7-9;/h2-8H,1H3;1H. The van der Waals surface area contributed by atoms with Gasteiger partial charge in [0, 0.05) is 10.6 Å². The summed E-state index contributed by atoms with van der Waals surface area (Å²) in [6.45, 7) is 0. The fourth-order valence-electron chi connectivity index (χ4n) is 2.03. The molecule has 0 radical (unpaired) electrons. The first-order valence-corrected chi connectivity index (χ1v) is 5.88. The Bertz CT molecular complexity index is 794. The van der Waals surface area contributed by atoms with Gasteiger partial charge in [0.2, 0.25) is 0 Å². The van der Waals surface area contributed by atoms with Crippen LogP contribution in [0.15, 0.2) is 47.7 Å². The van der Waals surface area contributed by atoms with Crippen LogP contribution < -0.4 is 27.1 Å². The maximum Gasteiger partial charge on any atom is 0.352 e. The van der Waals surface area contributed by atoms with E-state index in [0.29, 0.717) is 10.7 Å². The molecule has 0 fully saturated rings. The van der Waals surface area contributed by atoms with E-state index < -0.39 is 0 Å². The average Bonchev–Trinajstić information content (AvgIpc) is 2.71. The Labute approximate surface area is 125 Å². The van der Waals surface area contributed by atoms with E-state index in [4.69, 9.17) is 11.6 Å². The normalized spacial score (nSPS) is 10.4. The number of aromatic amines is 1. The van der Waals surface area contributed by atoms with E-state index in [-0.39, 0.29) is 22.5 Å². The minimum absolute atomic E-state index is 0. The van der Waals surface area contributed by atoms with Crippen molar-refractivity contribution in [2.75, 3.05) is 0 Å². The van der Waals surface area contributed by atoms with Crippen LogP contribution in [0.4, 0.5) is 0 Å². The molecule has 6 heteroatoms. The molecule has 0 atom stereocenters. The number of hydrogen-bond donors (Lipinski definition) is 1. The highest BCUT2D eigenvalue weighted by Crippen LogP contribution is 2.19. The number of nitrogens with zero attached hydrogens (tertiary/aromatic N) is 2. The first-order valence-electron chi connectivity index (χ1n) is 5.51. The lowest BCUT2D eigenvalue weighted by Gasteiger charge is -2.00. The first-order chi connectivity index (χ1) is 8.65. The second-order valence-corrected chi connectivity index (χ2v) is 4.58. The molecule has 0 saturated heterocycles. The van der Waals surface area contributed by atoms with Crippen LogP contribution in [-0.4, -0.2) is 9.38 Å². The molecule has 0 bridgehead atoms. The summed E-state index contributed by atoms with van der Waals surface area (Å²) >= 11 is 5.95. The van der Waals surface area contributed by atoms with Crippen molar-refractivity contribution >= 4 is 17.2 Å². The molecule has 2 heterocycles. The number of hydrogen-bond acceptors (Lipinski definition) is 1. The van der Waals surface area contributed by atoms with Gasteiger partial charge in [0.05, 0.1) is 12.7 Å². The van der Waals surface area contributed by atoms with E-state index >= 15 is 0 Å². The molecule has 1 N–H and O–H groups in total. The molecule has 0 aliphatic carbocycles. The van der Waals surface area contributed by atoms with E-state index in [2.05, 4.69) is 4.98 Å². The summed E-state index contributed by atoms with van der Waals surface area (Å²) < 4.78 is 3.58. The van der Waals surface area contributed by atoms with Crippen molar-refractivity contribution in [3.63, 3.8) is 0 Å². The van der Waals surface area contributed by atoms with Crippen LogP contribution in [0.2, 0.25) is 5.02 Å². The average molecular weight is 341 g/mol. The molecule has 3 aromatic rings. The summed E-state index contributed by atoms with van der Waals surface area (Å²) in [5.74, 6) is 0. The van der Waals surface area contributed by atoms with Gasteiger partial charge in [-0.3, -0.25) is 4.79 Å². The molecular weight excluding hydrogens is 330 g/mol. The molecule has 0 spiro atoms. The monoisotopic (exact) mass is 339 g/mol.